The zero-order valence-electron chi connectivity index (χ0n) is 10.6. The van der Waals surface area contributed by atoms with E-state index in [-0.39, 0.29) is 18.4 Å². The molecule has 1 aromatic carbocycles. The molecule has 0 radical (unpaired) electrons. The fraction of sp³-hybridized carbons (Fsp3) is 0.538. The first kappa shape index (κ1) is 15.1. The van der Waals surface area contributed by atoms with Crippen LogP contribution in [0.25, 0.3) is 0 Å². The van der Waals surface area contributed by atoms with E-state index in [1.165, 1.54) is 0 Å². The molecule has 0 spiro atoms. The normalized spacial score (nSPS) is 17.6. The van der Waals surface area contributed by atoms with Crippen molar-refractivity contribution in [3.8, 4) is 11.5 Å². The van der Waals surface area contributed by atoms with Crippen LogP contribution in [0, 0.1) is 5.92 Å². The number of hydrogen-bond donors (Lipinski definition) is 2. The summed E-state index contributed by atoms with van der Waals surface area (Å²) in [6.45, 7) is 0. The largest absolute Gasteiger partial charge is 0.493 e. The van der Waals surface area contributed by atoms with Gasteiger partial charge < -0.3 is 20.3 Å². The van der Waals surface area contributed by atoms with Gasteiger partial charge in [-0.25, -0.2) is 0 Å². The van der Waals surface area contributed by atoms with Gasteiger partial charge in [0.15, 0.2) is 11.5 Å². The molecule has 0 aliphatic heterocycles. The van der Waals surface area contributed by atoms with Gasteiger partial charge in [-0.15, -0.1) is 12.4 Å². The third kappa shape index (κ3) is 3.07. The first-order valence-corrected chi connectivity index (χ1v) is 5.83. The fourth-order valence-electron chi connectivity index (χ4n) is 1.99. The van der Waals surface area contributed by atoms with E-state index in [4.69, 9.17) is 15.2 Å². The van der Waals surface area contributed by atoms with Crippen molar-refractivity contribution in [2.24, 2.45) is 11.7 Å². The van der Waals surface area contributed by atoms with Crippen molar-refractivity contribution in [1.82, 2.24) is 0 Å². The monoisotopic (exact) mass is 273 g/mol. The Hall–Kier alpha value is -0.970. The van der Waals surface area contributed by atoms with Gasteiger partial charge in [-0.1, -0.05) is 6.07 Å². The van der Waals surface area contributed by atoms with Gasteiger partial charge in [-0.05, 0) is 36.5 Å². The number of halogens is 1. The molecule has 0 unspecified atom stereocenters. The molecule has 1 saturated carbocycles. The molecule has 1 aromatic rings. The van der Waals surface area contributed by atoms with Crippen molar-refractivity contribution in [2.45, 2.75) is 25.0 Å². The Morgan fingerprint density at radius 2 is 1.83 bits per heavy atom. The topological polar surface area (TPSA) is 64.7 Å². The maximum absolute atomic E-state index is 10.0. The van der Waals surface area contributed by atoms with Crippen LogP contribution < -0.4 is 15.2 Å². The van der Waals surface area contributed by atoms with Gasteiger partial charge >= 0.3 is 0 Å². The molecule has 1 aliphatic carbocycles. The number of nitrogens with two attached hydrogens (primary N) is 1. The first-order valence-electron chi connectivity index (χ1n) is 5.83. The number of hydrogen-bond acceptors (Lipinski definition) is 4. The number of benzene rings is 1. The van der Waals surface area contributed by atoms with Crippen LogP contribution in [0.2, 0.25) is 0 Å². The predicted molar refractivity (Wildman–Crippen MR) is 72.5 cm³/mol. The Morgan fingerprint density at radius 3 is 2.33 bits per heavy atom. The molecule has 0 saturated heterocycles. The molecule has 0 amide bonds. The van der Waals surface area contributed by atoms with E-state index >= 15 is 0 Å². The minimum Gasteiger partial charge on any atom is -0.493 e. The average Bonchev–Trinajstić information content (AvgIpc) is 3.20. The number of ether oxygens (including phenoxy) is 2. The van der Waals surface area contributed by atoms with Crippen molar-refractivity contribution in [2.75, 3.05) is 14.2 Å². The van der Waals surface area contributed by atoms with E-state index in [2.05, 4.69) is 0 Å². The van der Waals surface area contributed by atoms with Crippen LogP contribution in [0.4, 0.5) is 0 Å². The average molecular weight is 274 g/mol. The SMILES string of the molecule is COc1ccc([C@@H](N)[C@@H](O)C2CC2)cc1OC.Cl. The fourth-order valence-corrected chi connectivity index (χ4v) is 1.99. The highest BCUT2D eigenvalue weighted by Gasteiger charge is 2.34. The molecule has 0 bridgehead atoms. The Labute approximate surface area is 113 Å². The summed E-state index contributed by atoms with van der Waals surface area (Å²) >= 11 is 0. The molecular formula is C13H20ClNO3. The van der Waals surface area contributed by atoms with Gasteiger partial charge in [0.05, 0.1) is 26.4 Å². The quantitative estimate of drug-likeness (QED) is 0.860. The van der Waals surface area contributed by atoms with E-state index in [0.717, 1.165) is 18.4 Å². The smallest absolute Gasteiger partial charge is 0.161 e. The van der Waals surface area contributed by atoms with Crippen molar-refractivity contribution in [3.05, 3.63) is 23.8 Å². The molecule has 3 N–H and O–H groups in total. The lowest BCUT2D eigenvalue weighted by Crippen LogP contribution is -2.27. The number of aliphatic hydroxyl groups is 1. The summed E-state index contributed by atoms with van der Waals surface area (Å²) in [5.41, 5.74) is 6.93. The molecule has 18 heavy (non-hydrogen) atoms. The van der Waals surface area contributed by atoms with Crippen LogP contribution in [-0.4, -0.2) is 25.4 Å². The third-order valence-electron chi connectivity index (χ3n) is 3.27. The summed E-state index contributed by atoms with van der Waals surface area (Å²) in [5, 5.41) is 10.0. The Kier molecular flexibility index (Phi) is 5.26. The van der Waals surface area contributed by atoms with E-state index < -0.39 is 6.10 Å². The third-order valence-corrected chi connectivity index (χ3v) is 3.27. The van der Waals surface area contributed by atoms with E-state index in [0.29, 0.717) is 17.4 Å². The molecule has 1 aliphatic rings. The van der Waals surface area contributed by atoms with E-state index in [1.807, 2.05) is 18.2 Å². The van der Waals surface area contributed by atoms with Crippen LogP contribution in [-0.2, 0) is 0 Å². The highest BCUT2D eigenvalue weighted by molar-refractivity contribution is 5.85. The maximum Gasteiger partial charge on any atom is 0.161 e. The molecule has 102 valence electrons. The molecule has 5 heteroatoms. The zero-order chi connectivity index (χ0) is 12.4. The second kappa shape index (κ2) is 6.27. The Morgan fingerprint density at radius 1 is 1.22 bits per heavy atom. The molecule has 1 fully saturated rings. The maximum atomic E-state index is 10.0. The summed E-state index contributed by atoms with van der Waals surface area (Å²) < 4.78 is 10.4. The summed E-state index contributed by atoms with van der Waals surface area (Å²) in [5.74, 6) is 1.67. The lowest BCUT2D eigenvalue weighted by molar-refractivity contribution is 0.122. The highest BCUT2D eigenvalue weighted by Crippen LogP contribution is 2.38. The lowest BCUT2D eigenvalue weighted by atomic mass is 9.99. The second-order valence-electron chi connectivity index (χ2n) is 4.47. The zero-order valence-corrected chi connectivity index (χ0v) is 11.4. The van der Waals surface area contributed by atoms with Gasteiger partial charge in [-0.2, -0.15) is 0 Å². The summed E-state index contributed by atoms with van der Waals surface area (Å²) in [4.78, 5) is 0. The van der Waals surface area contributed by atoms with Gasteiger partial charge in [0.2, 0.25) is 0 Å². The molecule has 2 rings (SSSR count). The second-order valence-corrected chi connectivity index (χ2v) is 4.47. The minimum absolute atomic E-state index is 0. The predicted octanol–water partition coefficient (Wildman–Crippen LogP) is 1.90. The van der Waals surface area contributed by atoms with Crippen molar-refractivity contribution >= 4 is 12.4 Å². The molecule has 2 atom stereocenters. The summed E-state index contributed by atoms with van der Waals surface area (Å²) in [7, 11) is 3.18. The van der Waals surface area contributed by atoms with Gasteiger partial charge in [0.25, 0.3) is 0 Å². The van der Waals surface area contributed by atoms with Gasteiger partial charge in [-0.3, -0.25) is 0 Å². The molecule has 0 heterocycles. The molecule has 4 nitrogen and oxygen atoms in total. The lowest BCUT2D eigenvalue weighted by Gasteiger charge is -2.20. The summed E-state index contributed by atoms with van der Waals surface area (Å²) in [6.07, 6.45) is 1.68. The van der Waals surface area contributed by atoms with Crippen LogP contribution in [0.15, 0.2) is 18.2 Å². The van der Waals surface area contributed by atoms with Crippen molar-refractivity contribution in [1.29, 1.82) is 0 Å². The van der Waals surface area contributed by atoms with Crippen LogP contribution in [0.3, 0.4) is 0 Å². The van der Waals surface area contributed by atoms with E-state index in [9.17, 15) is 5.11 Å². The molecule has 0 aromatic heterocycles. The van der Waals surface area contributed by atoms with Crippen LogP contribution >= 0.6 is 12.4 Å². The van der Waals surface area contributed by atoms with Crippen molar-refractivity contribution in [3.63, 3.8) is 0 Å². The van der Waals surface area contributed by atoms with E-state index in [1.54, 1.807) is 14.2 Å². The molecular weight excluding hydrogens is 254 g/mol. The number of rotatable bonds is 5. The number of methoxy groups -OCH3 is 2. The number of aliphatic hydroxyl groups excluding tert-OH is 1. The van der Waals surface area contributed by atoms with Crippen LogP contribution in [0.5, 0.6) is 11.5 Å². The minimum atomic E-state index is -0.465. The van der Waals surface area contributed by atoms with Crippen LogP contribution in [0.1, 0.15) is 24.4 Å². The Balaban J connectivity index is 0.00000162. The first-order chi connectivity index (χ1) is 8.17. The summed E-state index contributed by atoms with van der Waals surface area (Å²) in [6, 6.07) is 5.16. The van der Waals surface area contributed by atoms with Gasteiger partial charge in [0, 0.05) is 0 Å². The van der Waals surface area contributed by atoms with Crippen molar-refractivity contribution < 1.29 is 14.6 Å². The Bertz CT molecular complexity index is 396. The standard InChI is InChI=1S/C13H19NO3.ClH/c1-16-10-6-5-9(7-11(10)17-2)12(14)13(15)8-3-4-8;/h5-8,12-13,15H,3-4,14H2,1-2H3;1H/t12-,13+;/m1./s1. The highest BCUT2D eigenvalue weighted by atomic mass is 35.5. The van der Waals surface area contributed by atoms with Gasteiger partial charge in [0.1, 0.15) is 0 Å².